The van der Waals surface area contributed by atoms with Crippen LogP contribution in [0.3, 0.4) is 0 Å². The summed E-state index contributed by atoms with van der Waals surface area (Å²) in [5.74, 6) is 0. The molecule has 0 heterocycles. The molecule has 0 radical (unpaired) electrons. The molecule has 0 aromatic rings. The molecule has 0 aromatic heterocycles. The third-order valence-electron chi connectivity index (χ3n) is 3.59. The van der Waals surface area contributed by atoms with E-state index in [1.165, 1.54) is 25.7 Å². The highest BCUT2D eigenvalue weighted by atomic mass is 19.1. The molecule has 1 atom stereocenters. The molecular weight excluding hydrogens is 201 g/mol. The normalized spacial score (nSPS) is 16.1. The zero-order chi connectivity index (χ0) is 12.7. The number of hydrogen-bond acceptors (Lipinski definition) is 1. The van der Waals surface area contributed by atoms with Crippen LogP contribution >= 0.6 is 0 Å². The van der Waals surface area contributed by atoms with Crippen LogP contribution < -0.4 is 5.73 Å². The van der Waals surface area contributed by atoms with Crippen molar-refractivity contribution < 1.29 is 4.39 Å². The van der Waals surface area contributed by atoms with E-state index in [-0.39, 0.29) is 12.0 Å². The Morgan fingerprint density at radius 2 is 1.44 bits per heavy atom. The van der Waals surface area contributed by atoms with Crippen LogP contribution in [-0.2, 0) is 0 Å². The largest absolute Gasteiger partial charge is 0.328 e. The summed E-state index contributed by atoms with van der Waals surface area (Å²) in [5, 5.41) is 0. The lowest BCUT2D eigenvalue weighted by Crippen LogP contribution is -2.45. The van der Waals surface area contributed by atoms with Crippen LogP contribution in [0.25, 0.3) is 0 Å². The number of halogens is 1. The van der Waals surface area contributed by atoms with E-state index in [9.17, 15) is 4.39 Å². The lowest BCUT2D eigenvalue weighted by atomic mass is 9.75. The Balaban J connectivity index is 3.80. The molecule has 2 N–H and O–H groups in total. The van der Waals surface area contributed by atoms with Gasteiger partial charge in [-0.2, -0.15) is 0 Å². The van der Waals surface area contributed by atoms with Gasteiger partial charge in [0, 0.05) is 6.54 Å². The first-order valence-corrected chi connectivity index (χ1v) is 6.76. The first-order chi connectivity index (χ1) is 7.37. The minimum absolute atomic E-state index is 0.144. The summed E-state index contributed by atoms with van der Waals surface area (Å²) in [5.41, 5.74) is 4.04. The number of alkyl halides is 1. The highest BCUT2D eigenvalue weighted by Crippen LogP contribution is 2.37. The number of hydrogen-bond donors (Lipinski definition) is 1. The van der Waals surface area contributed by atoms with E-state index in [4.69, 9.17) is 5.73 Å². The van der Waals surface area contributed by atoms with Gasteiger partial charge in [0.1, 0.15) is 5.67 Å². The third-order valence-corrected chi connectivity index (χ3v) is 3.59. The van der Waals surface area contributed by atoms with Crippen molar-refractivity contribution in [2.45, 2.75) is 78.3 Å². The van der Waals surface area contributed by atoms with Gasteiger partial charge in [-0.05, 0) is 11.8 Å². The smallest absolute Gasteiger partial charge is 0.128 e. The lowest BCUT2D eigenvalue weighted by Gasteiger charge is -2.37. The fourth-order valence-electron chi connectivity index (χ4n) is 1.97. The van der Waals surface area contributed by atoms with Gasteiger partial charge < -0.3 is 5.73 Å². The van der Waals surface area contributed by atoms with Crippen LogP contribution in [0.5, 0.6) is 0 Å². The van der Waals surface area contributed by atoms with Gasteiger partial charge in [0.05, 0.1) is 0 Å². The Labute approximate surface area is 101 Å². The Morgan fingerprint density at radius 3 is 1.88 bits per heavy atom. The number of unbranched alkanes of at least 4 members (excludes halogenated alkanes) is 5. The van der Waals surface area contributed by atoms with Crippen molar-refractivity contribution in [3.05, 3.63) is 0 Å². The summed E-state index contributed by atoms with van der Waals surface area (Å²) in [6.07, 6.45) is 7.80. The second-order valence-electron chi connectivity index (χ2n) is 5.94. The first-order valence-electron chi connectivity index (χ1n) is 6.76. The van der Waals surface area contributed by atoms with Crippen LogP contribution in [0.15, 0.2) is 0 Å². The van der Waals surface area contributed by atoms with Crippen molar-refractivity contribution in [3.8, 4) is 0 Å². The van der Waals surface area contributed by atoms with Crippen LogP contribution in [0.1, 0.15) is 72.6 Å². The van der Waals surface area contributed by atoms with Crippen LogP contribution in [-0.4, -0.2) is 12.2 Å². The van der Waals surface area contributed by atoms with Gasteiger partial charge in [-0.15, -0.1) is 0 Å². The Bertz CT molecular complexity index is 174. The minimum Gasteiger partial charge on any atom is -0.328 e. The van der Waals surface area contributed by atoms with E-state index in [2.05, 4.69) is 6.92 Å². The summed E-state index contributed by atoms with van der Waals surface area (Å²) in [6.45, 7) is 8.18. The van der Waals surface area contributed by atoms with Gasteiger partial charge in [-0.1, -0.05) is 66.2 Å². The standard InChI is InChI=1S/C14H30FN/c1-5-6-7-8-9-10-11-14(15,12-16)13(2,3)4/h5-12,16H2,1-4H3. The van der Waals surface area contributed by atoms with Gasteiger partial charge >= 0.3 is 0 Å². The lowest BCUT2D eigenvalue weighted by molar-refractivity contribution is 0.0267. The zero-order valence-electron chi connectivity index (χ0n) is 11.6. The number of rotatable bonds is 8. The van der Waals surface area contributed by atoms with Gasteiger partial charge in [-0.25, -0.2) is 4.39 Å². The Kier molecular flexibility index (Phi) is 7.21. The summed E-state index contributed by atoms with van der Waals surface area (Å²) in [6, 6.07) is 0. The third kappa shape index (κ3) is 5.29. The highest BCUT2D eigenvalue weighted by Gasteiger charge is 2.40. The molecule has 0 amide bonds. The van der Waals surface area contributed by atoms with E-state index < -0.39 is 5.67 Å². The average Bonchev–Trinajstić information content (AvgIpc) is 2.21. The molecule has 0 rings (SSSR count). The van der Waals surface area contributed by atoms with Gasteiger partial charge in [0.25, 0.3) is 0 Å². The van der Waals surface area contributed by atoms with Crippen molar-refractivity contribution in [1.29, 1.82) is 0 Å². The maximum atomic E-state index is 14.5. The predicted molar refractivity (Wildman–Crippen MR) is 70.3 cm³/mol. The SMILES string of the molecule is CCCCCCCCC(F)(CN)C(C)(C)C. The fourth-order valence-corrected chi connectivity index (χ4v) is 1.97. The van der Waals surface area contributed by atoms with E-state index in [1.54, 1.807) is 0 Å². The van der Waals surface area contributed by atoms with Crippen molar-refractivity contribution in [1.82, 2.24) is 0 Å². The zero-order valence-corrected chi connectivity index (χ0v) is 11.6. The molecule has 2 heteroatoms. The monoisotopic (exact) mass is 231 g/mol. The van der Waals surface area contributed by atoms with Crippen LogP contribution in [0.2, 0.25) is 0 Å². The molecule has 0 spiro atoms. The molecule has 0 saturated carbocycles. The van der Waals surface area contributed by atoms with Crippen molar-refractivity contribution >= 4 is 0 Å². The Hall–Kier alpha value is -0.110. The molecule has 16 heavy (non-hydrogen) atoms. The maximum absolute atomic E-state index is 14.5. The van der Waals surface area contributed by atoms with Gasteiger partial charge in [0.15, 0.2) is 0 Å². The van der Waals surface area contributed by atoms with Crippen molar-refractivity contribution in [2.24, 2.45) is 11.1 Å². The molecular formula is C14H30FN. The summed E-state index contributed by atoms with van der Waals surface area (Å²) in [4.78, 5) is 0. The quantitative estimate of drug-likeness (QED) is 0.614. The first kappa shape index (κ1) is 15.9. The van der Waals surface area contributed by atoms with E-state index in [0.29, 0.717) is 6.42 Å². The van der Waals surface area contributed by atoms with E-state index in [0.717, 1.165) is 12.8 Å². The minimum atomic E-state index is -1.20. The maximum Gasteiger partial charge on any atom is 0.128 e. The molecule has 98 valence electrons. The molecule has 1 unspecified atom stereocenters. The second-order valence-corrected chi connectivity index (χ2v) is 5.94. The molecule has 0 aliphatic heterocycles. The molecule has 0 fully saturated rings. The van der Waals surface area contributed by atoms with Crippen LogP contribution in [0, 0.1) is 5.41 Å². The van der Waals surface area contributed by atoms with Gasteiger partial charge in [0.2, 0.25) is 0 Å². The molecule has 0 aliphatic rings. The summed E-state index contributed by atoms with van der Waals surface area (Å²) < 4.78 is 14.5. The molecule has 0 aliphatic carbocycles. The molecule has 0 aromatic carbocycles. The molecule has 0 bridgehead atoms. The Morgan fingerprint density at radius 1 is 0.938 bits per heavy atom. The van der Waals surface area contributed by atoms with Crippen molar-refractivity contribution in [2.75, 3.05) is 6.54 Å². The number of nitrogens with two attached hydrogens (primary N) is 1. The molecule has 1 nitrogen and oxygen atoms in total. The summed E-state index contributed by atoms with van der Waals surface area (Å²) >= 11 is 0. The van der Waals surface area contributed by atoms with Gasteiger partial charge in [-0.3, -0.25) is 0 Å². The van der Waals surface area contributed by atoms with E-state index in [1.807, 2.05) is 20.8 Å². The predicted octanol–water partition coefficient (Wildman–Crippen LogP) is 4.45. The summed E-state index contributed by atoms with van der Waals surface area (Å²) in [7, 11) is 0. The topological polar surface area (TPSA) is 26.0 Å². The fraction of sp³-hybridized carbons (Fsp3) is 1.00. The highest BCUT2D eigenvalue weighted by molar-refractivity contribution is 4.91. The van der Waals surface area contributed by atoms with E-state index >= 15 is 0 Å². The average molecular weight is 231 g/mol. The second kappa shape index (κ2) is 7.26. The van der Waals surface area contributed by atoms with Crippen molar-refractivity contribution in [3.63, 3.8) is 0 Å². The molecule has 0 saturated heterocycles. The van der Waals surface area contributed by atoms with Crippen LogP contribution in [0.4, 0.5) is 4.39 Å².